The van der Waals surface area contributed by atoms with Gasteiger partial charge in [-0.25, -0.2) is 0 Å². The summed E-state index contributed by atoms with van der Waals surface area (Å²) in [5, 5.41) is 0. The summed E-state index contributed by atoms with van der Waals surface area (Å²) in [5.41, 5.74) is 2.14. The molecule has 0 unspecified atom stereocenters. The second-order valence-corrected chi connectivity index (χ2v) is 7.05. The van der Waals surface area contributed by atoms with Crippen LogP contribution in [0.25, 0.3) is 0 Å². The van der Waals surface area contributed by atoms with Crippen molar-refractivity contribution in [1.29, 1.82) is 0 Å². The van der Waals surface area contributed by atoms with Crippen LogP contribution in [0.5, 0.6) is 0 Å². The minimum absolute atomic E-state index is 0.383. The van der Waals surface area contributed by atoms with Crippen molar-refractivity contribution in [3.8, 4) is 0 Å². The SMILES string of the molecule is C=CCO[C@H](C=C)[C@@H]1O[C@H](OC)[C@H](OCc2ccccc2)[C@H]1OCc1ccccc1. The van der Waals surface area contributed by atoms with Gasteiger partial charge in [0.15, 0.2) is 6.29 Å². The standard InChI is InChI=1S/C25H30O5/c1-4-16-27-21(5-2)22-23(28-17-19-12-8-6-9-13-19)24(25(26-3)30-22)29-18-20-14-10-7-11-15-20/h4-15,21-25H,1-2,16-18H2,3H3/t21-,22+,23+,24-,25+/m1/s1. The number of ether oxygens (including phenoxy) is 5. The Morgan fingerprint density at radius 3 is 1.97 bits per heavy atom. The van der Waals surface area contributed by atoms with E-state index in [1.807, 2.05) is 60.7 Å². The molecule has 3 rings (SSSR count). The molecule has 5 heteroatoms. The first-order valence-corrected chi connectivity index (χ1v) is 10.1. The highest BCUT2D eigenvalue weighted by Crippen LogP contribution is 2.32. The number of rotatable bonds is 12. The van der Waals surface area contributed by atoms with Gasteiger partial charge in [0.1, 0.15) is 24.4 Å². The lowest BCUT2D eigenvalue weighted by atomic mass is 10.0. The smallest absolute Gasteiger partial charge is 0.186 e. The molecule has 1 aliphatic heterocycles. The summed E-state index contributed by atoms with van der Waals surface area (Å²) in [6.45, 7) is 8.86. The molecule has 2 aromatic carbocycles. The largest absolute Gasteiger partial charge is 0.368 e. The molecule has 5 atom stereocenters. The maximum atomic E-state index is 6.31. The average molecular weight is 411 g/mol. The molecule has 0 aromatic heterocycles. The monoisotopic (exact) mass is 410 g/mol. The van der Waals surface area contributed by atoms with Crippen molar-refractivity contribution < 1.29 is 23.7 Å². The zero-order chi connectivity index (χ0) is 21.2. The number of methoxy groups -OCH3 is 1. The van der Waals surface area contributed by atoms with Gasteiger partial charge in [0.05, 0.1) is 19.8 Å². The lowest BCUT2D eigenvalue weighted by Crippen LogP contribution is -2.42. The van der Waals surface area contributed by atoms with Crippen molar-refractivity contribution in [2.24, 2.45) is 0 Å². The van der Waals surface area contributed by atoms with Crippen LogP contribution < -0.4 is 0 Å². The molecule has 0 N–H and O–H groups in total. The van der Waals surface area contributed by atoms with Crippen molar-refractivity contribution in [3.05, 3.63) is 97.1 Å². The van der Waals surface area contributed by atoms with Gasteiger partial charge in [0, 0.05) is 7.11 Å². The first-order chi connectivity index (χ1) is 14.8. The molecular weight excluding hydrogens is 380 g/mol. The summed E-state index contributed by atoms with van der Waals surface area (Å²) < 4.78 is 30.2. The first kappa shape index (κ1) is 22.4. The van der Waals surface area contributed by atoms with Crippen molar-refractivity contribution in [2.75, 3.05) is 13.7 Å². The molecule has 0 bridgehead atoms. The molecule has 1 heterocycles. The summed E-state index contributed by atoms with van der Waals surface area (Å²) >= 11 is 0. The van der Waals surface area contributed by atoms with Crippen molar-refractivity contribution >= 4 is 0 Å². The zero-order valence-corrected chi connectivity index (χ0v) is 17.4. The third-order valence-corrected chi connectivity index (χ3v) is 4.97. The highest BCUT2D eigenvalue weighted by Gasteiger charge is 2.49. The summed E-state index contributed by atoms with van der Waals surface area (Å²) in [6, 6.07) is 20.0. The van der Waals surface area contributed by atoms with Crippen molar-refractivity contribution in [1.82, 2.24) is 0 Å². The fourth-order valence-electron chi connectivity index (χ4n) is 3.48. The van der Waals surface area contributed by atoms with Gasteiger partial charge >= 0.3 is 0 Å². The molecule has 0 saturated carbocycles. The normalized spacial score (nSPS) is 24.4. The maximum Gasteiger partial charge on any atom is 0.186 e. The lowest BCUT2D eigenvalue weighted by molar-refractivity contribution is -0.174. The van der Waals surface area contributed by atoms with Crippen LogP contribution in [0.2, 0.25) is 0 Å². The fourth-order valence-corrected chi connectivity index (χ4v) is 3.48. The van der Waals surface area contributed by atoms with Gasteiger partial charge in [-0.05, 0) is 11.1 Å². The topological polar surface area (TPSA) is 46.2 Å². The molecule has 0 aliphatic carbocycles. The molecule has 0 radical (unpaired) electrons. The molecule has 1 aliphatic rings. The quantitative estimate of drug-likeness (QED) is 0.489. The molecule has 160 valence electrons. The minimum atomic E-state index is -0.575. The summed E-state index contributed by atoms with van der Waals surface area (Å²) in [4.78, 5) is 0. The Balaban J connectivity index is 1.77. The van der Waals surface area contributed by atoms with E-state index in [9.17, 15) is 0 Å². The number of hydrogen-bond acceptors (Lipinski definition) is 5. The van der Waals surface area contributed by atoms with Gasteiger partial charge in [-0.15, -0.1) is 13.2 Å². The second kappa shape index (κ2) is 11.8. The van der Waals surface area contributed by atoms with Crippen molar-refractivity contribution in [2.45, 2.75) is 43.9 Å². The number of hydrogen-bond donors (Lipinski definition) is 0. The highest BCUT2D eigenvalue weighted by atomic mass is 16.7. The summed E-state index contributed by atoms with van der Waals surface area (Å²) in [6.07, 6.45) is 1.23. The average Bonchev–Trinajstić information content (AvgIpc) is 3.15. The minimum Gasteiger partial charge on any atom is -0.368 e. The van der Waals surface area contributed by atoms with E-state index in [2.05, 4.69) is 13.2 Å². The second-order valence-electron chi connectivity index (χ2n) is 7.05. The van der Waals surface area contributed by atoms with E-state index in [1.54, 1.807) is 19.3 Å². The summed E-state index contributed by atoms with van der Waals surface area (Å²) in [7, 11) is 1.60. The fraction of sp³-hybridized carbons (Fsp3) is 0.360. The van der Waals surface area contributed by atoms with Gasteiger partial charge in [0.25, 0.3) is 0 Å². The maximum absolute atomic E-state index is 6.31. The summed E-state index contributed by atoms with van der Waals surface area (Å²) in [5.74, 6) is 0. The lowest BCUT2D eigenvalue weighted by Gasteiger charge is -2.27. The molecule has 30 heavy (non-hydrogen) atoms. The Morgan fingerprint density at radius 2 is 1.47 bits per heavy atom. The predicted octanol–water partition coefficient (Wildman–Crippen LogP) is 4.29. The third-order valence-electron chi connectivity index (χ3n) is 4.97. The zero-order valence-electron chi connectivity index (χ0n) is 17.4. The number of benzene rings is 2. The van der Waals surface area contributed by atoms with E-state index < -0.39 is 24.6 Å². The van der Waals surface area contributed by atoms with Crippen LogP contribution >= 0.6 is 0 Å². The predicted molar refractivity (Wildman–Crippen MR) is 116 cm³/mol. The van der Waals surface area contributed by atoms with E-state index >= 15 is 0 Å². The molecule has 1 fully saturated rings. The van der Waals surface area contributed by atoms with Crippen LogP contribution in [0, 0.1) is 0 Å². The van der Waals surface area contributed by atoms with Crippen LogP contribution in [-0.4, -0.2) is 44.4 Å². The van der Waals surface area contributed by atoms with E-state index in [0.717, 1.165) is 11.1 Å². The van der Waals surface area contributed by atoms with Crippen molar-refractivity contribution in [3.63, 3.8) is 0 Å². The molecule has 5 nitrogen and oxygen atoms in total. The van der Waals surface area contributed by atoms with Crippen LogP contribution in [0.3, 0.4) is 0 Å². The Labute approximate surface area is 178 Å². The highest BCUT2D eigenvalue weighted by molar-refractivity contribution is 5.15. The molecule has 1 saturated heterocycles. The van der Waals surface area contributed by atoms with Gasteiger partial charge in [-0.2, -0.15) is 0 Å². The van der Waals surface area contributed by atoms with Crippen LogP contribution in [-0.2, 0) is 36.9 Å². The van der Waals surface area contributed by atoms with Crippen LogP contribution in [0.15, 0.2) is 86.0 Å². The molecule has 0 spiro atoms. The molecular formula is C25H30O5. The third kappa shape index (κ3) is 5.88. The Kier molecular flexibility index (Phi) is 8.81. The van der Waals surface area contributed by atoms with Crippen LogP contribution in [0.1, 0.15) is 11.1 Å². The first-order valence-electron chi connectivity index (χ1n) is 10.1. The Hall–Kier alpha value is -2.28. The molecule has 2 aromatic rings. The molecule has 0 amide bonds. The van der Waals surface area contributed by atoms with E-state index in [0.29, 0.717) is 19.8 Å². The van der Waals surface area contributed by atoms with Gasteiger partial charge in [-0.3, -0.25) is 0 Å². The van der Waals surface area contributed by atoms with Gasteiger partial charge in [-0.1, -0.05) is 72.8 Å². The van der Waals surface area contributed by atoms with E-state index in [4.69, 9.17) is 23.7 Å². The van der Waals surface area contributed by atoms with E-state index in [-0.39, 0.29) is 6.10 Å². The van der Waals surface area contributed by atoms with Crippen LogP contribution in [0.4, 0.5) is 0 Å². The Morgan fingerprint density at radius 1 is 0.900 bits per heavy atom. The van der Waals surface area contributed by atoms with Gasteiger partial charge < -0.3 is 23.7 Å². The van der Waals surface area contributed by atoms with Gasteiger partial charge in [0.2, 0.25) is 0 Å². The Bertz CT molecular complexity index is 764. The van der Waals surface area contributed by atoms with E-state index in [1.165, 1.54) is 0 Å².